The highest BCUT2D eigenvalue weighted by atomic mass is 28.4. The minimum absolute atomic E-state index is 0.813. The van der Waals surface area contributed by atoms with Gasteiger partial charge in [-0.05, 0) is 24.1 Å². The highest BCUT2D eigenvalue weighted by Gasteiger charge is 2.37. The fourth-order valence-electron chi connectivity index (χ4n) is 2.02. The van der Waals surface area contributed by atoms with Gasteiger partial charge in [0.05, 0.1) is 0 Å². The third-order valence-electron chi connectivity index (χ3n) is 3.03. The van der Waals surface area contributed by atoms with Gasteiger partial charge in [-0.1, -0.05) is 27.2 Å². The molecule has 0 radical (unpaired) electrons. The van der Waals surface area contributed by atoms with E-state index >= 15 is 0 Å². The van der Waals surface area contributed by atoms with Crippen molar-refractivity contribution in [2.45, 2.75) is 51.2 Å². The van der Waals surface area contributed by atoms with Gasteiger partial charge in [-0.25, -0.2) is 0 Å². The highest BCUT2D eigenvalue weighted by Crippen LogP contribution is 2.34. The maximum absolute atomic E-state index is 6.02. The van der Waals surface area contributed by atoms with Crippen LogP contribution in [0.1, 0.15) is 33.6 Å². The summed E-state index contributed by atoms with van der Waals surface area (Å²) in [4.78, 5) is 0. The SMILES string of the molecule is CC[Si]1(C(C)C)CCCCO1. The fraction of sp³-hybridized carbons (Fsp3) is 1.00. The van der Waals surface area contributed by atoms with Gasteiger partial charge in [0.2, 0.25) is 0 Å². The molecular weight excluding hydrogens is 152 g/mol. The molecule has 1 saturated heterocycles. The second-order valence-corrected chi connectivity index (χ2v) is 8.66. The van der Waals surface area contributed by atoms with E-state index in [1.54, 1.807) is 0 Å². The smallest absolute Gasteiger partial charge is 0.195 e. The predicted octanol–water partition coefficient (Wildman–Crippen LogP) is 3.17. The Morgan fingerprint density at radius 3 is 2.36 bits per heavy atom. The van der Waals surface area contributed by atoms with Gasteiger partial charge in [-0.3, -0.25) is 0 Å². The molecule has 1 fully saturated rings. The fourth-order valence-corrected chi connectivity index (χ4v) is 5.84. The summed E-state index contributed by atoms with van der Waals surface area (Å²) in [5, 5.41) is 0. The lowest BCUT2D eigenvalue weighted by Gasteiger charge is -2.37. The van der Waals surface area contributed by atoms with Crippen LogP contribution in [0, 0.1) is 0 Å². The molecule has 1 rings (SSSR count). The standard InChI is InChI=1S/C9H20OSi/c1-4-11(9(2)3)8-6-5-7-10-11/h9H,4-8H2,1-3H3. The lowest BCUT2D eigenvalue weighted by Crippen LogP contribution is -2.43. The van der Waals surface area contributed by atoms with E-state index in [4.69, 9.17) is 4.43 Å². The number of hydrogen-bond donors (Lipinski definition) is 0. The lowest BCUT2D eigenvalue weighted by atomic mass is 10.4. The van der Waals surface area contributed by atoms with Crippen LogP contribution >= 0.6 is 0 Å². The lowest BCUT2D eigenvalue weighted by molar-refractivity contribution is 0.260. The van der Waals surface area contributed by atoms with Gasteiger partial charge in [-0.15, -0.1) is 0 Å². The topological polar surface area (TPSA) is 9.23 Å². The molecule has 0 saturated carbocycles. The number of rotatable bonds is 2. The Labute approximate surface area is 71.3 Å². The minimum atomic E-state index is -1.23. The molecule has 0 aromatic rings. The van der Waals surface area contributed by atoms with Crippen molar-refractivity contribution in [1.29, 1.82) is 0 Å². The Morgan fingerprint density at radius 2 is 2.09 bits per heavy atom. The minimum Gasteiger partial charge on any atom is -0.417 e. The van der Waals surface area contributed by atoms with Crippen LogP contribution in [0.3, 0.4) is 0 Å². The first-order valence-corrected chi connectivity index (χ1v) is 7.25. The van der Waals surface area contributed by atoms with Crippen LogP contribution in [0.15, 0.2) is 0 Å². The van der Waals surface area contributed by atoms with Crippen LogP contribution in [0.2, 0.25) is 17.6 Å². The summed E-state index contributed by atoms with van der Waals surface area (Å²) in [6.45, 7) is 8.01. The van der Waals surface area contributed by atoms with E-state index in [0.717, 1.165) is 12.1 Å². The molecule has 0 aromatic heterocycles. The van der Waals surface area contributed by atoms with Gasteiger partial charge in [-0.2, -0.15) is 0 Å². The normalized spacial score (nSPS) is 32.7. The first-order valence-electron chi connectivity index (χ1n) is 4.85. The molecule has 1 nitrogen and oxygen atoms in total. The van der Waals surface area contributed by atoms with Crippen LogP contribution in [0.5, 0.6) is 0 Å². The highest BCUT2D eigenvalue weighted by molar-refractivity contribution is 6.75. The zero-order valence-electron chi connectivity index (χ0n) is 8.02. The second-order valence-electron chi connectivity index (χ2n) is 3.88. The van der Waals surface area contributed by atoms with Gasteiger partial charge in [0.1, 0.15) is 0 Å². The zero-order valence-corrected chi connectivity index (χ0v) is 9.02. The average molecular weight is 172 g/mol. The predicted molar refractivity (Wildman–Crippen MR) is 51.3 cm³/mol. The molecule has 0 N–H and O–H groups in total. The molecule has 0 bridgehead atoms. The van der Waals surface area contributed by atoms with Crippen LogP contribution in [-0.2, 0) is 4.43 Å². The molecule has 0 aliphatic carbocycles. The van der Waals surface area contributed by atoms with Crippen LogP contribution in [-0.4, -0.2) is 14.9 Å². The Hall–Kier alpha value is 0.177. The molecule has 2 heteroatoms. The Balaban J connectivity index is 2.57. The molecule has 1 aliphatic rings. The molecule has 66 valence electrons. The Kier molecular flexibility index (Phi) is 3.13. The van der Waals surface area contributed by atoms with Gasteiger partial charge in [0.25, 0.3) is 0 Å². The second kappa shape index (κ2) is 3.72. The van der Waals surface area contributed by atoms with Crippen LogP contribution in [0.25, 0.3) is 0 Å². The van der Waals surface area contributed by atoms with E-state index in [9.17, 15) is 0 Å². The Bertz CT molecular complexity index is 117. The molecule has 1 unspecified atom stereocenters. The first kappa shape index (κ1) is 9.27. The van der Waals surface area contributed by atoms with Crippen molar-refractivity contribution in [3.63, 3.8) is 0 Å². The zero-order chi connectivity index (χ0) is 8.32. The van der Waals surface area contributed by atoms with Gasteiger partial charge < -0.3 is 4.43 Å². The van der Waals surface area contributed by atoms with E-state index in [0.29, 0.717) is 0 Å². The van der Waals surface area contributed by atoms with Gasteiger partial charge >= 0.3 is 0 Å². The van der Waals surface area contributed by atoms with E-state index in [-0.39, 0.29) is 0 Å². The van der Waals surface area contributed by atoms with E-state index in [1.807, 2.05) is 0 Å². The van der Waals surface area contributed by atoms with Crippen molar-refractivity contribution in [2.75, 3.05) is 6.61 Å². The third kappa shape index (κ3) is 1.85. The maximum Gasteiger partial charge on any atom is 0.195 e. The Morgan fingerprint density at radius 1 is 1.36 bits per heavy atom. The van der Waals surface area contributed by atoms with E-state index in [1.165, 1.54) is 24.9 Å². The summed E-state index contributed by atoms with van der Waals surface area (Å²) in [7, 11) is -1.23. The molecule has 1 atom stereocenters. The third-order valence-corrected chi connectivity index (χ3v) is 8.31. The van der Waals surface area contributed by atoms with E-state index < -0.39 is 8.32 Å². The first-order chi connectivity index (χ1) is 5.21. The molecule has 0 aromatic carbocycles. The summed E-state index contributed by atoms with van der Waals surface area (Å²) in [6.07, 6.45) is 2.71. The molecule has 0 amide bonds. The van der Waals surface area contributed by atoms with Crippen LogP contribution in [0.4, 0.5) is 0 Å². The summed E-state index contributed by atoms with van der Waals surface area (Å²) in [5.74, 6) is 0. The largest absolute Gasteiger partial charge is 0.417 e. The molecule has 0 spiro atoms. The monoisotopic (exact) mass is 172 g/mol. The van der Waals surface area contributed by atoms with Crippen molar-refractivity contribution >= 4 is 8.32 Å². The summed E-state index contributed by atoms with van der Waals surface area (Å²) in [5.41, 5.74) is 0.813. The van der Waals surface area contributed by atoms with E-state index in [2.05, 4.69) is 20.8 Å². The van der Waals surface area contributed by atoms with Gasteiger partial charge in [0.15, 0.2) is 8.32 Å². The van der Waals surface area contributed by atoms with Crippen molar-refractivity contribution in [1.82, 2.24) is 0 Å². The summed E-state index contributed by atoms with van der Waals surface area (Å²) in [6, 6.07) is 2.71. The van der Waals surface area contributed by atoms with Crippen molar-refractivity contribution < 1.29 is 4.43 Å². The van der Waals surface area contributed by atoms with Crippen LogP contribution < -0.4 is 0 Å². The maximum atomic E-state index is 6.02. The molecule has 11 heavy (non-hydrogen) atoms. The number of hydrogen-bond acceptors (Lipinski definition) is 1. The molecule has 1 heterocycles. The van der Waals surface area contributed by atoms with Crippen molar-refractivity contribution in [3.05, 3.63) is 0 Å². The molecule has 1 aliphatic heterocycles. The average Bonchev–Trinajstić information content (AvgIpc) is 2.05. The quantitative estimate of drug-likeness (QED) is 0.581. The van der Waals surface area contributed by atoms with Crippen molar-refractivity contribution in [2.24, 2.45) is 0 Å². The molecular formula is C9H20OSi. The summed E-state index contributed by atoms with van der Waals surface area (Å²) >= 11 is 0. The summed E-state index contributed by atoms with van der Waals surface area (Å²) < 4.78 is 6.02. The van der Waals surface area contributed by atoms with Gasteiger partial charge in [0, 0.05) is 6.61 Å². The van der Waals surface area contributed by atoms with Crippen molar-refractivity contribution in [3.8, 4) is 0 Å².